The van der Waals surface area contributed by atoms with Crippen molar-refractivity contribution in [3.8, 4) is 5.75 Å². The Hall–Kier alpha value is -1.80. The summed E-state index contributed by atoms with van der Waals surface area (Å²) in [6.45, 7) is 5.46. The Balaban J connectivity index is 1.95. The lowest BCUT2D eigenvalue weighted by atomic mass is 9.99. The third-order valence-electron chi connectivity index (χ3n) is 3.97. The maximum Gasteiger partial charge on any atom is 0.118 e. The zero-order chi connectivity index (χ0) is 15.1. The van der Waals surface area contributed by atoms with E-state index in [4.69, 9.17) is 4.74 Å². The Bertz CT molecular complexity index is 521. The molecule has 112 valence electrons. The van der Waals surface area contributed by atoms with Gasteiger partial charge >= 0.3 is 0 Å². The number of methoxy groups -OCH3 is 1. The second-order valence-corrected chi connectivity index (χ2v) is 5.45. The molecule has 21 heavy (non-hydrogen) atoms. The van der Waals surface area contributed by atoms with Crippen LogP contribution in [0.2, 0.25) is 0 Å². The molecule has 1 N–H and O–H groups in total. The van der Waals surface area contributed by atoms with Gasteiger partial charge in [0.05, 0.1) is 7.11 Å². The molecule has 0 radical (unpaired) electrons. The van der Waals surface area contributed by atoms with Gasteiger partial charge < -0.3 is 10.1 Å². The molecule has 0 aromatic heterocycles. The Morgan fingerprint density at radius 2 is 1.62 bits per heavy atom. The van der Waals surface area contributed by atoms with Crippen molar-refractivity contribution in [1.29, 1.82) is 0 Å². The minimum Gasteiger partial charge on any atom is -0.497 e. The molecule has 2 unspecified atom stereocenters. The zero-order valence-electron chi connectivity index (χ0n) is 13.2. The number of hydrogen-bond donors (Lipinski definition) is 1. The first-order valence-electron chi connectivity index (χ1n) is 7.66. The second kappa shape index (κ2) is 7.84. The summed E-state index contributed by atoms with van der Waals surface area (Å²) in [5.41, 5.74) is 2.70. The van der Waals surface area contributed by atoms with Crippen LogP contribution in [0.3, 0.4) is 0 Å². The predicted molar refractivity (Wildman–Crippen MR) is 88.9 cm³/mol. The van der Waals surface area contributed by atoms with Crippen LogP contribution in [0.5, 0.6) is 5.75 Å². The number of benzene rings is 2. The van der Waals surface area contributed by atoms with Gasteiger partial charge in [-0.2, -0.15) is 0 Å². The van der Waals surface area contributed by atoms with Gasteiger partial charge in [-0.15, -0.1) is 0 Å². The molecule has 2 nitrogen and oxygen atoms in total. The van der Waals surface area contributed by atoms with Gasteiger partial charge in [-0.05, 0) is 35.6 Å². The highest BCUT2D eigenvalue weighted by Gasteiger charge is 2.11. The van der Waals surface area contributed by atoms with Gasteiger partial charge in [-0.1, -0.05) is 56.3 Å². The van der Waals surface area contributed by atoms with E-state index in [0.717, 1.165) is 18.7 Å². The minimum atomic E-state index is 0.391. The maximum atomic E-state index is 5.22. The van der Waals surface area contributed by atoms with E-state index >= 15 is 0 Å². The van der Waals surface area contributed by atoms with Gasteiger partial charge in [0.2, 0.25) is 0 Å². The fourth-order valence-electron chi connectivity index (χ4n) is 2.55. The summed E-state index contributed by atoms with van der Waals surface area (Å²) < 4.78 is 5.22. The van der Waals surface area contributed by atoms with Crippen molar-refractivity contribution in [2.45, 2.75) is 32.2 Å². The molecular formula is C19H25NO. The fraction of sp³-hybridized carbons (Fsp3) is 0.368. The third-order valence-corrected chi connectivity index (χ3v) is 3.97. The van der Waals surface area contributed by atoms with Crippen molar-refractivity contribution in [2.24, 2.45) is 0 Å². The van der Waals surface area contributed by atoms with Crippen molar-refractivity contribution in [2.75, 3.05) is 13.7 Å². The van der Waals surface area contributed by atoms with Crippen molar-refractivity contribution >= 4 is 0 Å². The molecule has 0 aliphatic heterocycles. The van der Waals surface area contributed by atoms with E-state index in [9.17, 15) is 0 Å². The molecule has 2 aromatic carbocycles. The first-order chi connectivity index (χ1) is 10.2. The number of hydrogen-bond acceptors (Lipinski definition) is 2. The average molecular weight is 283 g/mol. The number of rotatable bonds is 7. The highest BCUT2D eigenvalue weighted by molar-refractivity contribution is 5.29. The van der Waals surface area contributed by atoms with Gasteiger partial charge in [0.1, 0.15) is 5.75 Å². The summed E-state index contributed by atoms with van der Waals surface area (Å²) in [6, 6.07) is 19.4. The zero-order valence-corrected chi connectivity index (χ0v) is 13.2. The van der Waals surface area contributed by atoms with E-state index in [1.807, 2.05) is 12.1 Å². The van der Waals surface area contributed by atoms with Gasteiger partial charge in [-0.25, -0.2) is 0 Å². The van der Waals surface area contributed by atoms with E-state index in [0.29, 0.717) is 12.0 Å². The Morgan fingerprint density at radius 3 is 2.19 bits per heavy atom. The van der Waals surface area contributed by atoms with Gasteiger partial charge in [0.15, 0.2) is 0 Å². The smallest absolute Gasteiger partial charge is 0.118 e. The van der Waals surface area contributed by atoms with Crippen LogP contribution in [0, 0.1) is 0 Å². The normalized spacial score (nSPS) is 13.7. The molecule has 0 saturated heterocycles. The maximum absolute atomic E-state index is 5.22. The molecule has 2 aromatic rings. The molecular weight excluding hydrogens is 258 g/mol. The summed E-state index contributed by atoms with van der Waals surface area (Å²) in [7, 11) is 1.70. The van der Waals surface area contributed by atoms with Crippen molar-refractivity contribution in [1.82, 2.24) is 5.32 Å². The summed E-state index contributed by atoms with van der Waals surface area (Å²) >= 11 is 0. The van der Waals surface area contributed by atoms with Crippen LogP contribution in [0.15, 0.2) is 54.6 Å². The molecule has 2 heteroatoms. The minimum absolute atomic E-state index is 0.391. The van der Waals surface area contributed by atoms with Crippen molar-refractivity contribution < 1.29 is 4.74 Å². The molecule has 0 spiro atoms. The quantitative estimate of drug-likeness (QED) is 0.805. The van der Waals surface area contributed by atoms with Crippen molar-refractivity contribution in [3.05, 3.63) is 65.7 Å². The summed E-state index contributed by atoms with van der Waals surface area (Å²) in [4.78, 5) is 0. The lowest BCUT2D eigenvalue weighted by Crippen LogP contribution is -2.25. The first-order valence-corrected chi connectivity index (χ1v) is 7.66. The summed E-state index contributed by atoms with van der Waals surface area (Å²) in [5.74, 6) is 1.42. The van der Waals surface area contributed by atoms with E-state index in [-0.39, 0.29) is 0 Å². The van der Waals surface area contributed by atoms with E-state index in [1.165, 1.54) is 11.1 Å². The highest BCUT2D eigenvalue weighted by Crippen LogP contribution is 2.21. The van der Waals surface area contributed by atoms with Crippen LogP contribution in [0.1, 0.15) is 43.4 Å². The van der Waals surface area contributed by atoms with Crippen LogP contribution >= 0.6 is 0 Å². The van der Waals surface area contributed by atoms with Gasteiger partial charge in [0.25, 0.3) is 0 Å². The fourth-order valence-corrected chi connectivity index (χ4v) is 2.55. The average Bonchev–Trinajstić information content (AvgIpc) is 2.56. The molecule has 0 heterocycles. The van der Waals surface area contributed by atoms with E-state index < -0.39 is 0 Å². The molecule has 0 aliphatic rings. The molecule has 0 saturated carbocycles. The number of ether oxygens (including phenoxy) is 1. The summed E-state index contributed by atoms with van der Waals surface area (Å²) in [6.07, 6.45) is 1.08. The predicted octanol–water partition coefficient (Wildman–Crippen LogP) is 4.54. The number of nitrogens with one attached hydrogen (secondary N) is 1. The standard InChI is InChI=1S/C19H25NO/c1-4-19(17-10-12-18(21-3)13-11-17)20-14-15(2)16-8-6-5-7-9-16/h5-13,15,19-20H,4,14H2,1-3H3. The Labute approximate surface area is 128 Å². The molecule has 0 aliphatic carbocycles. The van der Waals surface area contributed by atoms with E-state index in [2.05, 4.69) is 61.6 Å². The largest absolute Gasteiger partial charge is 0.497 e. The van der Waals surface area contributed by atoms with Crippen LogP contribution in [-0.2, 0) is 0 Å². The highest BCUT2D eigenvalue weighted by atomic mass is 16.5. The van der Waals surface area contributed by atoms with Crippen LogP contribution in [0.4, 0.5) is 0 Å². The third kappa shape index (κ3) is 4.33. The van der Waals surface area contributed by atoms with Crippen LogP contribution in [-0.4, -0.2) is 13.7 Å². The Morgan fingerprint density at radius 1 is 0.952 bits per heavy atom. The molecule has 0 amide bonds. The molecule has 2 rings (SSSR count). The van der Waals surface area contributed by atoms with Crippen LogP contribution in [0.25, 0.3) is 0 Å². The topological polar surface area (TPSA) is 21.3 Å². The monoisotopic (exact) mass is 283 g/mol. The van der Waals surface area contributed by atoms with Gasteiger partial charge in [0, 0.05) is 12.6 Å². The van der Waals surface area contributed by atoms with Crippen molar-refractivity contribution in [3.63, 3.8) is 0 Å². The SMILES string of the molecule is CCC(NCC(C)c1ccccc1)c1ccc(OC)cc1. The Kier molecular flexibility index (Phi) is 5.82. The molecule has 2 atom stereocenters. The molecule has 0 fully saturated rings. The molecule has 0 bridgehead atoms. The summed E-state index contributed by atoms with van der Waals surface area (Å²) in [5, 5.41) is 3.68. The van der Waals surface area contributed by atoms with E-state index in [1.54, 1.807) is 7.11 Å². The van der Waals surface area contributed by atoms with Crippen LogP contribution < -0.4 is 10.1 Å². The van der Waals surface area contributed by atoms with Gasteiger partial charge in [-0.3, -0.25) is 0 Å². The lowest BCUT2D eigenvalue weighted by molar-refractivity contribution is 0.414. The lowest BCUT2D eigenvalue weighted by Gasteiger charge is -2.21. The first kappa shape index (κ1) is 15.6. The second-order valence-electron chi connectivity index (χ2n) is 5.45.